The Kier molecular flexibility index (Phi) is 4.66. The molecule has 104 valence electrons. The molecule has 0 aliphatic heterocycles. The van der Waals surface area contributed by atoms with Gasteiger partial charge in [0.2, 0.25) is 0 Å². The highest BCUT2D eigenvalue weighted by molar-refractivity contribution is 9.11. The molecule has 0 bridgehead atoms. The van der Waals surface area contributed by atoms with E-state index >= 15 is 0 Å². The maximum absolute atomic E-state index is 11.1. The van der Waals surface area contributed by atoms with Crippen molar-refractivity contribution in [3.63, 3.8) is 0 Å². The van der Waals surface area contributed by atoms with Crippen molar-refractivity contribution in [3.05, 3.63) is 55.0 Å². The third-order valence-electron chi connectivity index (χ3n) is 2.56. The van der Waals surface area contributed by atoms with Gasteiger partial charge in [-0.1, -0.05) is 6.07 Å². The van der Waals surface area contributed by atoms with Gasteiger partial charge in [-0.05, 0) is 50.4 Å². The molecular weight excluding hydrogens is 392 g/mol. The number of hydrogen-bond acceptors (Lipinski definition) is 5. The molecule has 2 rings (SSSR count). The second kappa shape index (κ2) is 6.27. The molecule has 2 aromatic heterocycles. The summed E-state index contributed by atoms with van der Waals surface area (Å²) in [7, 11) is 0. The molecule has 0 atom stereocenters. The Morgan fingerprint density at radius 2 is 2.15 bits per heavy atom. The summed E-state index contributed by atoms with van der Waals surface area (Å²) < 4.78 is 0.695. The molecule has 20 heavy (non-hydrogen) atoms. The average Bonchev–Trinajstić information content (AvgIpc) is 2.36. The van der Waals surface area contributed by atoms with E-state index in [1.54, 1.807) is 12.3 Å². The van der Waals surface area contributed by atoms with Crippen molar-refractivity contribution in [1.29, 1.82) is 0 Å². The van der Waals surface area contributed by atoms with Crippen LogP contribution in [0.4, 0.5) is 11.4 Å². The Morgan fingerprint density at radius 3 is 2.75 bits per heavy atom. The second-order valence-electron chi connectivity index (χ2n) is 4.05. The number of hydrogen-bond donors (Lipinski definition) is 1. The molecule has 0 amide bonds. The molecule has 0 aromatic carbocycles. The van der Waals surface area contributed by atoms with Gasteiger partial charge in [0.1, 0.15) is 10.3 Å². The molecule has 6 nitrogen and oxygen atoms in total. The minimum absolute atomic E-state index is 0.0896. The Hall–Kier alpha value is -1.54. The SMILES string of the molecule is Cc1ccc(CNc2cc(Br)nc(Br)c2[N+](=O)[O-])cn1. The standard InChI is InChI=1S/C12H10Br2N4O2/c1-7-2-3-8(5-15-7)6-16-9-4-10(13)17-12(14)11(9)18(19)20/h2-5H,6H2,1H3,(H,16,17). The summed E-state index contributed by atoms with van der Waals surface area (Å²) in [5.74, 6) is 0. The van der Waals surface area contributed by atoms with E-state index in [0.717, 1.165) is 11.3 Å². The Labute approximate surface area is 132 Å². The molecule has 0 spiro atoms. The van der Waals surface area contributed by atoms with E-state index in [1.807, 2.05) is 19.1 Å². The zero-order valence-corrected chi connectivity index (χ0v) is 13.6. The van der Waals surface area contributed by atoms with Crippen LogP contribution < -0.4 is 5.32 Å². The topological polar surface area (TPSA) is 81.0 Å². The molecular formula is C12H10Br2N4O2. The van der Waals surface area contributed by atoms with Crippen molar-refractivity contribution in [2.45, 2.75) is 13.5 Å². The number of aryl methyl sites for hydroxylation is 1. The van der Waals surface area contributed by atoms with Crippen LogP contribution in [0, 0.1) is 17.0 Å². The highest BCUT2D eigenvalue weighted by atomic mass is 79.9. The number of nitrogens with one attached hydrogen (secondary N) is 1. The number of nitro groups is 1. The van der Waals surface area contributed by atoms with Gasteiger partial charge in [-0.3, -0.25) is 15.1 Å². The lowest BCUT2D eigenvalue weighted by molar-refractivity contribution is -0.385. The lowest BCUT2D eigenvalue weighted by Crippen LogP contribution is -2.04. The molecule has 2 aromatic rings. The number of nitrogens with zero attached hydrogens (tertiary/aromatic N) is 3. The van der Waals surface area contributed by atoms with Gasteiger partial charge in [0.05, 0.1) is 4.92 Å². The van der Waals surface area contributed by atoms with Crippen molar-refractivity contribution < 1.29 is 4.92 Å². The van der Waals surface area contributed by atoms with Gasteiger partial charge >= 0.3 is 5.69 Å². The maximum atomic E-state index is 11.1. The van der Waals surface area contributed by atoms with E-state index < -0.39 is 4.92 Å². The van der Waals surface area contributed by atoms with Gasteiger partial charge in [0, 0.05) is 24.5 Å². The summed E-state index contributed by atoms with van der Waals surface area (Å²) in [5.41, 5.74) is 2.17. The van der Waals surface area contributed by atoms with Crippen LogP contribution in [-0.2, 0) is 6.54 Å². The van der Waals surface area contributed by atoms with Crippen LogP contribution in [0.2, 0.25) is 0 Å². The first-order valence-electron chi connectivity index (χ1n) is 5.63. The van der Waals surface area contributed by atoms with E-state index in [-0.39, 0.29) is 10.3 Å². The maximum Gasteiger partial charge on any atom is 0.324 e. The zero-order chi connectivity index (χ0) is 14.7. The van der Waals surface area contributed by atoms with E-state index in [2.05, 4.69) is 47.1 Å². The largest absolute Gasteiger partial charge is 0.375 e. The van der Waals surface area contributed by atoms with E-state index in [9.17, 15) is 10.1 Å². The fraction of sp³-hybridized carbons (Fsp3) is 0.167. The molecule has 0 aliphatic carbocycles. The lowest BCUT2D eigenvalue weighted by Gasteiger charge is -2.08. The molecule has 0 unspecified atom stereocenters. The first kappa shape index (κ1) is 14.9. The Bertz CT molecular complexity index is 647. The average molecular weight is 402 g/mol. The minimum atomic E-state index is -0.473. The van der Waals surface area contributed by atoms with Gasteiger partial charge in [0.25, 0.3) is 0 Å². The van der Waals surface area contributed by atoms with Crippen LogP contribution in [0.3, 0.4) is 0 Å². The van der Waals surface area contributed by atoms with Gasteiger partial charge in [-0.2, -0.15) is 0 Å². The quantitative estimate of drug-likeness (QED) is 0.478. The van der Waals surface area contributed by atoms with Crippen LogP contribution in [-0.4, -0.2) is 14.9 Å². The predicted octanol–water partition coefficient (Wildman–Crippen LogP) is 3.83. The van der Waals surface area contributed by atoms with Crippen LogP contribution in [0.5, 0.6) is 0 Å². The predicted molar refractivity (Wildman–Crippen MR) is 82.6 cm³/mol. The number of aromatic nitrogens is 2. The molecule has 8 heteroatoms. The number of halogens is 2. The van der Waals surface area contributed by atoms with Crippen molar-refractivity contribution in [2.24, 2.45) is 0 Å². The lowest BCUT2D eigenvalue weighted by atomic mass is 10.2. The highest BCUT2D eigenvalue weighted by Gasteiger charge is 2.20. The van der Waals surface area contributed by atoms with Crippen molar-refractivity contribution >= 4 is 43.2 Å². The third-order valence-corrected chi connectivity index (χ3v) is 3.52. The fourth-order valence-corrected chi connectivity index (χ4v) is 2.78. The van der Waals surface area contributed by atoms with Crippen LogP contribution >= 0.6 is 31.9 Å². The summed E-state index contributed by atoms with van der Waals surface area (Å²) >= 11 is 6.32. The number of anilines is 1. The Balaban J connectivity index is 2.24. The van der Waals surface area contributed by atoms with Crippen molar-refractivity contribution in [1.82, 2.24) is 9.97 Å². The summed E-state index contributed by atoms with van der Waals surface area (Å²) in [4.78, 5) is 18.7. The highest BCUT2D eigenvalue weighted by Crippen LogP contribution is 2.33. The zero-order valence-electron chi connectivity index (χ0n) is 10.4. The molecule has 0 radical (unpaired) electrons. The molecule has 1 N–H and O–H groups in total. The van der Waals surface area contributed by atoms with Gasteiger partial charge in [-0.15, -0.1) is 0 Å². The third kappa shape index (κ3) is 3.51. The normalized spacial score (nSPS) is 10.3. The van der Waals surface area contributed by atoms with E-state index in [1.165, 1.54) is 0 Å². The van der Waals surface area contributed by atoms with Crippen molar-refractivity contribution in [2.75, 3.05) is 5.32 Å². The fourth-order valence-electron chi connectivity index (χ4n) is 1.59. The first-order valence-corrected chi connectivity index (χ1v) is 7.22. The number of rotatable bonds is 4. The Morgan fingerprint density at radius 1 is 1.40 bits per heavy atom. The van der Waals surface area contributed by atoms with Gasteiger partial charge in [0.15, 0.2) is 4.60 Å². The molecule has 0 aliphatic rings. The number of pyridine rings is 2. The molecule has 0 saturated heterocycles. The first-order chi connectivity index (χ1) is 9.47. The molecule has 0 fully saturated rings. The summed E-state index contributed by atoms with van der Waals surface area (Å²) in [5, 5.41) is 14.1. The van der Waals surface area contributed by atoms with Crippen LogP contribution in [0.1, 0.15) is 11.3 Å². The van der Waals surface area contributed by atoms with Gasteiger partial charge in [-0.25, -0.2) is 4.98 Å². The van der Waals surface area contributed by atoms with Gasteiger partial charge < -0.3 is 5.32 Å². The molecule has 2 heterocycles. The van der Waals surface area contributed by atoms with Crippen LogP contribution in [0.25, 0.3) is 0 Å². The van der Waals surface area contributed by atoms with Crippen LogP contribution in [0.15, 0.2) is 33.6 Å². The molecule has 0 saturated carbocycles. The summed E-state index contributed by atoms with van der Waals surface area (Å²) in [6.45, 7) is 2.34. The summed E-state index contributed by atoms with van der Waals surface area (Å²) in [6.07, 6.45) is 1.74. The van der Waals surface area contributed by atoms with E-state index in [0.29, 0.717) is 16.8 Å². The second-order valence-corrected chi connectivity index (χ2v) is 5.61. The summed E-state index contributed by atoms with van der Waals surface area (Å²) in [6, 6.07) is 5.39. The smallest absolute Gasteiger partial charge is 0.324 e. The minimum Gasteiger partial charge on any atom is -0.375 e. The monoisotopic (exact) mass is 400 g/mol. The van der Waals surface area contributed by atoms with Crippen molar-refractivity contribution in [3.8, 4) is 0 Å². The van der Waals surface area contributed by atoms with E-state index in [4.69, 9.17) is 0 Å².